The number of anilines is 2. The van der Waals surface area contributed by atoms with E-state index in [2.05, 4.69) is 34.9 Å². The van der Waals surface area contributed by atoms with Gasteiger partial charge in [-0.25, -0.2) is 18.7 Å². The Labute approximate surface area is 408 Å². The van der Waals surface area contributed by atoms with Crippen molar-refractivity contribution in [2.24, 2.45) is 5.92 Å². The van der Waals surface area contributed by atoms with E-state index in [0.717, 1.165) is 112 Å². The van der Waals surface area contributed by atoms with Crippen LogP contribution in [0.15, 0.2) is 72.8 Å². The Bertz CT molecular complexity index is 2460. The number of aromatic nitrogens is 2. The smallest absolute Gasteiger partial charge is 0.325 e. The summed E-state index contributed by atoms with van der Waals surface area (Å²) in [7, 11) is 0. The van der Waals surface area contributed by atoms with Gasteiger partial charge >= 0.3 is 11.9 Å². The minimum Gasteiger partial charge on any atom is -0.490 e. The number of rotatable bonds is 23. The second kappa shape index (κ2) is 21.9. The fraction of sp³-hybridized carbons (Fsp3) is 0.556. The summed E-state index contributed by atoms with van der Waals surface area (Å²) in [6.45, 7) is 2.00. The molecule has 0 spiro atoms. The second-order valence-corrected chi connectivity index (χ2v) is 20.0. The molecule has 0 amide bonds. The highest BCUT2D eigenvalue weighted by Crippen LogP contribution is 2.44. The number of likely N-dealkylation sites (tertiary alicyclic amines) is 2. The predicted octanol–water partition coefficient (Wildman–Crippen LogP) is 7.95. The quantitative estimate of drug-likeness (QED) is 0.0529. The number of carboxylic acid groups (broad SMARTS) is 2. The van der Waals surface area contributed by atoms with Crippen LogP contribution in [-0.2, 0) is 44.7 Å². The number of fused-ring (bicyclic) bond motifs is 2. The minimum atomic E-state index is -1.30. The summed E-state index contributed by atoms with van der Waals surface area (Å²) >= 11 is 0. The Morgan fingerprint density at radius 2 is 1.21 bits per heavy atom. The Kier molecular flexibility index (Phi) is 15.1. The number of alkyl halides is 2. The molecule has 2 aliphatic carbocycles. The summed E-state index contributed by atoms with van der Waals surface area (Å²) in [4.78, 5) is 38.5. The van der Waals surface area contributed by atoms with E-state index >= 15 is 8.78 Å². The standard InChI is InChI=1S/C54H66F2N6O8/c55-41-29-61(49(53(63)64)38-13-1-3-15-44(38)69-37-22-23-37)31-47(41)68-27-8-6-12-36-21-18-34-19-24-43(60-52(34)59-36)40-28-46(40)70-45-16-4-2-14-39(45)50(54(65)66)62-30-42(56)48(32-62)67-26-7-5-11-35-20-17-33-10-9-25-57-51(33)58-35/h1-4,13-18,20-21,37,40-43,46-50H,5-12,19,22-32H2,(H,57,58)(H,59,60)(H,63,64)(H,65,66)/t40?,41-,42-,43?,46?,47+,48+,49+,50-/m1/s1. The average molecular weight is 965 g/mol. The van der Waals surface area contributed by atoms with E-state index < -0.39 is 48.6 Å². The molecule has 10 rings (SSSR count). The molecule has 70 heavy (non-hydrogen) atoms. The lowest BCUT2D eigenvalue weighted by atomic mass is 9.97. The van der Waals surface area contributed by atoms with E-state index in [-0.39, 0.29) is 50.3 Å². The van der Waals surface area contributed by atoms with E-state index in [1.807, 2.05) is 18.2 Å². The number of aliphatic carboxylic acids is 2. The predicted molar refractivity (Wildman–Crippen MR) is 259 cm³/mol. The first-order valence-electron chi connectivity index (χ1n) is 25.6. The highest BCUT2D eigenvalue weighted by molar-refractivity contribution is 5.77. The SMILES string of the molecule is O=C(O)[C@H](c1ccccc1OC1CC1)N1C[C@@H](F)[C@@H](OCCCCc2ccc3c(n2)NC(C2CC2Oc2ccccc2[C@H](C(=O)O)N2C[C@@H](F)[C@@H](OCCCCc4ccc5c(n4)NCCC5)C2)CC3)C1. The molecule has 16 heteroatoms. The van der Waals surface area contributed by atoms with Gasteiger partial charge in [0, 0.05) is 80.4 Å². The van der Waals surface area contributed by atoms with E-state index in [0.29, 0.717) is 42.3 Å². The van der Waals surface area contributed by atoms with Gasteiger partial charge in [-0.3, -0.25) is 19.4 Å². The van der Waals surface area contributed by atoms with E-state index in [1.165, 1.54) is 5.56 Å². The number of hydrogen-bond acceptors (Lipinski definition) is 12. The summed E-state index contributed by atoms with van der Waals surface area (Å²) < 4.78 is 55.3. The van der Waals surface area contributed by atoms with Crippen molar-refractivity contribution in [3.05, 3.63) is 106 Å². The minimum absolute atomic E-state index is 0.0225. The molecule has 14 nitrogen and oxygen atoms in total. The first-order valence-corrected chi connectivity index (χ1v) is 25.6. The molecule has 9 atom stereocenters. The Hall–Kier alpha value is -5.42. The molecule has 6 aliphatic rings. The van der Waals surface area contributed by atoms with Gasteiger partial charge in [0.05, 0.1) is 6.10 Å². The van der Waals surface area contributed by atoms with Crippen molar-refractivity contribution in [2.75, 3.05) is 56.6 Å². The van der Waals surface area contributed by atoms with E-state index in [4.69, 9.17) is 28.9 Å². The van der Waals surface area contributed by atoms with E-state index in [9.17, 15) is 19.8 Å². The van der Waals surface area contributed by atoms with Crippen molar-refractivity contribution in [1.82, 2.24) is 19.8 Å². The zero-order chi connectivity index (χ0) is 48.1. The van der Waals surface area contributed by atoms with Crippen molar-refractivity contribution >= 4 is 23.6 Å². The van der Waals surface area contributed by atoms with Gasteiger partial charge in [0.2, 0.25) is 0 Å². The number of ether oxygens (including phenoxy) is 4. The summed E-state index contributed by atoms with van der Waals surface area (Å²) in [6, 6.07) is 20.9. The number of unbranched alkanes of at least 4 members (excludes halogenated alkanes) is 2. The van der Waals surface area contributed by atoms with Crippen LogP contribution in [0.1, 0.15) is 104 Å². The molecule has 4 aliphatic heterocycles. The molecule has 2 aromatic heterocycles. The Balaban J connectivity index is 0.666. The molecule has 4 fully saturated rings. The number of para-hydroxylation sites is 2. The molecule has 6 heterocycles. The third-order valence-electron chi connectivity index (χ3n) is 14.8. The van der Waals surface area contributed by atoms with Crippen LogP contribution in [0.3, 0.4) is 0 Å². The van der Waals surface area contributed by atoms with Gasteiger partial charge in [-0.2, -0.15) is 0 Å². The van der Waals surface area contributed by atoms with Gasteiger partial charge in [-0.05, 0) is 119 Å². The first-order chi connectivity index (χ1) is 34.1. The largest absolute Gasteiger partial charge is 0.490 e. The average Bonchev–Trinajstić information content (AvgIpc) is 4.27. The van der Waals surface area contributed by atoms with Crippen LogP contribution < -0.4 is 20.1 Å². The van der Waals surface area contributed by atoms with Crippen LogP contribution in [-0.4, -0.2) is 131 Å². The molecule has 2 aromatic carbocycles. The molecule has 0 bridgehead atoms. The Morgan fingerprint density at radius 3 is 1.80 bits per heavy atom. The van der Waals surface area contributed by atoms with Crippen LogP contribution in [0, 0.1) is 5.92 Å². The number of carboxylic acids is 2. The highest BCUT2D eigenvalue weighted by Gasteiger charge is 2.48. The van der Waals surface area contributed by atoms with Gasteiger partial charge in [0.15, 0.2) is 0 Å². The zero-order valence-corrected chi connectivity index (χ0v) is 39.7. The fourth-order valence-electron chi connectivity index (χ4n) is 10.8. The number of hydrogen-bond donors (Lipinski definition) is 4. The normalized spacial score (nSPS) is 26.1. The number of halogens is 2. The van der Waals surface area contributed by atoms with Crippen molar-refractivity contribution in [2.45, 2.75) is 138 Å². The topological polar surface area (TPSA) is 168 Å². The summed E-state index contributed by atoms with van der Waals surface area (Å²) in [6.07, 6.45) is 7.36. The maximum atomic E-state index is 15.4. The second-order valence-electron chi connectivity index (χ2n) is 20.0. The van der Waals surface area contributed by atoms with Crippen LogP contribution in [0.2, 0.25) is 0 Å². The van der Waals surface area contributed by atoms with Gasteiger partial charge in [-0.1, -0.05) is 48.5 Å². The number of benzene rings is 2. The lowest BCUT2D eigenvalue weighted by Gasteiger charge is -2.28. The maximum Gasteiger partial charge on any atom is 0.325 e. The summed E-state index contributed by atoms with van der Waals surface area (Å²) in [5.41, 5.74) is 5.47. The molecule has 2 saturated carbocycles. The third kappa shape index (κ3) is 11.5. The fourth-order valence-corrected chi connectivity index (χ4v) is 10.8. The monoisotopic (exact) mass is 964 g/mol. The van der Waals surface area contributed by atoms with Crippen LogP contribution in [0.4, 0.5) is 20.4 Å². The number of nitrogens with zero attached hydrogens (tertiary/aromatic N) is 4. The summed E-state index contributed by atoms with van der Waals surface area (Å²) in [5.74, 6) is 1.03. The number of nitrogens with one attached hydrogen (secondary N) is 2. The molecular formula is C54H66F2N6O8. The Morgan fingerprint density at radius 1 is 0.657 bits per heavy atom. The number of pyridine rings is 2. The van der Waals surface area contributed by atoms with Crippen molar-refractivity contribution in [3.8, 4) is 11.5 Å². The van der Waals surface area contributed by atoms with Crippen LogP contribution in [0.25, 0.3) is 0 Å². The zero-order valence-electron chi connectivity index (χ0n) is 39.7. The van der Waals surface area contributed by atoms with Gasteiger partial charge in [0.25, 0.3) is 0 Å². The lowest BCUT2D eigenvalue weighted by Crippen LogP contribution is -2.34. The van der Waals surface area contributed by atoms with Crippen molar-refractivity contribution < 1.29 is 47.5 Å². The van der Waals surface area contributed by atoms with Gasteiger partial charge in [0.1, 0.15) is 65.9 Å². The maximum absolute atomic E-state index is 15.4. The van der Waals surface area contributed by atoms with Crippen molar-refractivity contribution in [1.29, 1.82) is 0 Å². The summed E-state index contributed by atoms with van der Waals surface area (Å²) in [5, 5.41) is 27.8. The molecule has 374 valence electrons. The third-order valence-corrected chi connectivity index (χ3v) is 14.8. The first kappa shape index (κ1) is 48.2. The molecule has 2 saturated heterocycles. The molecule has 0 radical (unpaired) electrons. The lowest BCUT2D eigenvalue weighted by molar-refractivity contribution is -0.144. The number of aryl methyl sites for hydroxylation is 4. The number of carbonyl (C=O) groups is 2. The van der Waals surface area contributed by atoms with Gasteiger partial charge in [-0.15, -0.1) is 0 Å². The van der Waals surface area contributed by atoms with E-state index in [1.54, 1.807) is 40.1 Å². The molecule has 3 unspecified atom stereocenters. The van der Waals surface area contributed by atoms with Crippen LogP contribution in [0.5, 0.6) is 11.5 Å². The molecular weight excluding hydrogens is 899 g/mol. The molecule has 4 aromatic rings. The van der Waals surface area contributed by atoms with Crippen LogP contribution >= 0.6 is 0 Å². The highest BCUT2D eigenvalue weighted by atomic mass is 19.1. The van der Waals surface area contributed by atoms with Gasteiger partial charge < -0.3 is 39.8 Å². The molecule has 4 N–H and O–H groups in total. The van der Waals surface area contributed by atoms with Crippen molar-refractivity contribution in [3.63, 3.8) is 0 Å².